The fraction of sp³-hybridized carbons (Fsp3) is 0.571. The molecule has 2 atom stereocenters. The van der Waals surface area contributed by atoms with Gasteiger partial charge in [-0.3, -0.25) is 0 Å². The molecule has 0 saturated heterocycles. The van der Waals surface area contributed by atoms with E-state index in [1.165, 1.54) is 12.1 Å². The fourth-order valence-corrected chi connectivity index (χ4v) is 3.88. The highest BCUT2D eigenvalue weighted by Gasteiger charge is 2.42. The molecular formula is C14H18F3NO2S. The van der Waals surface area contributed by atoms with Gasteiger partial charge in [-0.05, 0) is 38.3 Å². The van der Waals surface area contributed by atoms with Crippen molar-refractivity contribution in [2.24, 2.45) is 5.92 Å². The molecule has 1 aromatic rings. The normalized spacial score (nSPS) is 24.0. The number of benzene rings is 1. The number of nitrogens with one attached hydrogen (secondary N) is 1. The standard InChI is InChI=1S/C14H18F3NO2S/c1-10-5-7-13(8-6-10)21(19,20)18-12-4-2-3-11(9-12)14(15,16)17/h5-8,11-12,18H,2-4,9H2,1H3. The van der Waals surface area contributed by atoms with Crippen molar-refractivity contribution in [2.45, 2.75) is 49.7 Å². The van der Waals surface area contributed by atoms with E-state index in [4.69, 9.17) is 0 Å². The summed E-state index contributed by atoms with van der Waals surface area (Å²) in [7, 11) is -3.76. The van der Waals surface area contributed by atoms with Gasteiger partial charge in [-0.25, -0.2) is 13.1 Å². The Morgan fingerprint density at radius 3 is 2.33 bits per heavy atom. The number of hydrogen-bond acceptors (Lipinski definition) is 2. The summed E-state index contributed by atoms with van der Waals surface area (Å²) in [6, 6.07) is 5.59. The average Bonchev–Trinajstić information content (AvgIpc) is 2.38. The van der Waals surface area contributed by atoms with Gasteiger partial charge in [0, 0.05) is 6.04 Å². The van der Waals surface area contributed by atoms with E-state index in [0.29, 0.717) is 12.8 Å². The predicted octanol–water partition coefficient (Wildman–Crippen LogP) is 3.39. The van der Waals surface area contributed by atoms with Crippen molar-refractivity contribution in [1.29, 1.82) is 0 Å². The van der Waals surface area contributed by atoms with Crippen LogP contribution in [0.25, 0.3) is 0 Å². The van der Waals surface area contributed by atoms with Crippen LogP contribution in [0.2, 0.25) is 0 Å². The van der Waals surface area contributed by atoms with Gasteiger partial charge in [0.25, 0.3) is 0 Å². The van der Waals surface area contributed by atoms with Gasteiger partial charge >= 0.3 is 6.18 Å². The minimum atomic E-state index is -4.26. The summed E-state index contributed by atoms with van der Waals surface area (Å²) in [4.78, 5) is 0.0854. The van der Waals surface area contributed by atoms with E-state index in [1.807, 2.05) is 6.92 Å². The largest absolute Gasteiger partial charge is 0.391 e. The van der Waals surface area contributed by atoms with Crippen molar-refractivity contribution >= 4 is 10.0 Å². The maximum Gasteiger partial charge on any atom is 0.391 e. The third-order valence-corrected chi connectivity index (χ3v) is 5.33. The summed E-state index contributed by atoms with van der Waals surface area (Å²) >= 11 is 0. The summed E-state index contributed by atoms with van der Waals surface area (Å²) < 4.78 is 65.0. The first-order chi connectivity index (χ1) is 9.68. The molecule has 0 amide bonds. The lowest BCUT2D eigenvalue weighted by Gasteiger charge is -2.30. The summed E-state index contributed by atoms with van der Waals surface area (Å²) in [5.74, 6) is -1.42. The minimum Gasteiger partial charge on any atom is -0.208 e. The maximum atomic E-state index is 12.7. The number of hydrogen-bond donors (Lipinski definition) is 1. The second kappa shape index (κ2) is 5.96. The Kier molecular flexibility index (Phi) is 4.63. The van der Waals surface area contributed by atoms with Crippen LogP contribution in [0.4, 0.5) is 13.2 Å². The lowest BCUT2D eigenvalue weighted by molar-refractivity contribution is -0.183. The second-order valence-corrected chi connectivity index (χ2v) is 7.25. The Labute approximate surface area is 122 Å². The first-order valence-electron chi connectivity index (χ1n) is 6.84. The molecule has 0 bridgehead atoms. The molecule has 2 unspecified atom stereocenters. The number of rotatable bonds is 3. The predicted molar refractivity (Wildman–Crippen MR) is 73.3 cm³/mol. The SMILES string of the molecule is Cc1ccc(S(=O)(=O)NC2CCCC(C(F)(F)F)C2)cc1. The highest BCUT2D eigenvalue weighted by Crippen LogP contribution is 2.37. The van der Waals surface area contributed by atoms with Gasteiger partial charge in [-0.1, -0.05) is 24.1 Å². The van der Waals surface area contributed by atoms with Crippen LogP contribution in [0.3, 0.4) is 0 Å². The number of halogens is 3. The number of aryl methyl sites for hydroxylation is 1. The maximum absolute atomic E-state index is 12.7. The monoisotopic (exact) mass is 321 g/mol. The van der Waals surface area contributed by atoms with Crippen molar-refractivity contribution in [3.8, 4) is 0 Å². The summed E-state index contributed by atoms with van der Waals surface area (Å²) in [6.07, 6.45) is -3.54. The minimum absolute atomic E-state index is 0.0757. The molecule has 1 aliphatic carbocycles. The van der Waals surface area contributed by atoms with Gasteiger partial charge in [-0.15, -0.1) is 0 Å². The Bertz CT molecular complexity index is 581. The lowest BCUT2D eigenvalue weighted by atomic mass is 9.86. The van der Waals surface area contributed by atoms with Crippen LogP contribution in [0.5, 0.6) is 0 Å². The molecule has 0 radical (unpaired) electrons. The highest BCUT2D eigenvalue weighted by molar-refractivity contribution is 7.89. The molecule has 1 aliphatic rings. The van der Waals surface area contributed by atoms with E-state index >= 15 is 0 Å². The van der Waals surface area contributed by atoms with E-state index in [-0.39, 0.29) is 17.7 Å². The molecule has 0 aliphatic heterocycles. The molecule has 21 heavy (non-hydrogen) atoms. The van der Waals surface area contributed by atoms with Crippen molar-refractivity contribution in [1.82, 2.24) is 4.72 Å². The molecule has 3 nitrogen and oxygen atoms in total. The first-order valence-corrected chi connectivity index (χ1v) is 8.32. The van der Waals surface area contributed by atoms with Crippen molar-refractivity contribution in [2.75, 3.05) is 0 Å². The van der Waals surface area contributed by atoms with Gasteiger partial charge < -0.3 is 0 Å². The summed E-state index contributed by atoms with van der Waals surface area (Å²) in [5.41, 5.74) is 0.920. The van der Waals surface area contributed by atoms with Crippen LogP contribution < -0.4 is 4.72 Å². The Balaban J connectivity index is 2.08. The van der Waals surface area contributed by atoms with E-state index < -0.39 is 28.2 Å². The van der Waals surface area contributed by atoms with E-state index in [2.05, 4.69) is 4.72 Å². The number of sulfonamides is 1. The van der Waals surface area contributed by atoms with Crippen molar-refractivity contribution < 1.29 is 21.6 Å². The van der Waals surface area contributed by atoms with Gasteiger partial charge in [0.1, 0.15) is 0 Å². The van der Waals surface area contributed by atoms with Crippen LogP contribution >= 0.6 is 0 Å². The molecule has 1 fully saturated rings. The topological polar surface area (TPSA) is 46.2 Å². The zero-order valence-electron chi connectivity index (χ0n) is 11.7. The van der Waals surface area contributed by atoms with Crippen LogP contribution in [0, 0.1) is 12.8 Å². The Hall–Kier alpha value is -1.08. The first kappa shape index (κ1) is 16.3. The van der Waals surface area contributed by atoms with Crippen molar-refractivity contribution in [3.05, 3.63) is 29.8 Å². The molecule has 7 heteroatoms. The van der Waals surface area contributed by atoms with Gasteiger partial charge in [0.15, 0.2) is 0 Å². The smallest absolute Gasteiger partial charge is 0.208 e. The van der Waals surface area contributed by atoms with E-state index in [9.17, 15) is 21.6 Å². The molecule has 1 saturated carbocycles. The molecule has 0 heterocycles. The summed E-state index contributed by atoms with van der Waals surface area (Å²) in [5, 5.41) is 0. The molecule has 1 aromatic carbocycles. The van der Waals surface area contributed by atoms with E-state index in [1.54, 1.807) is 12.1 Å². The molecule has 1 N–H and O–H groups in total. The van der Waals surface area contributed by atoms with E-state index in [0.717, 1.165) is 5.56 Å². The zero-order chi connectivity index (χ0) is 15.7. The molecule has 118 valence electrons. The van der Waals surface area contributed by atoms with Gasteiger partial charge in [0.2, 0.25) is 10.0 Å². The zero-order valence-corrected chi connectivity index (χ0v) is 12.5. The average molecular weight is 321 g/mol. The van der Waals surface area contributed by atoms with Crippen LogP contribution in [-0.4, -0.2) is 20.6 Å². The highest BCUT2D eigenvalue weighted by atomic mass is 32.2. The fourth-order valence-electron chi connectivity index (χ4n) is 2.60. The van der Waals surface area contributed by atoms with Gasteiger partial charge in [0.05, 0.1) is 10.8 Å². The number of alkyl halides is 3. The van der Waals surface area contributed by atoms with Crippen LogP contribution in [0.15, 0.2) is 29.2 Å². The molecular weight excluding hydrogens is 303 g/mol. The summed E-state index contributed by atoms with van der Waals surface area (Å²) in [6.45, 7) is 1.83. The Morgan fingerprint density at radius 1 is 1.14 bits per heavy atom. The van der Waals surface area contributed by atoms with Gasteiger partial charge in [-0.2, -0.15) is 13.2 Å². The third kappa shape index (κ3) is 4.20. The lowest BCUT2D eigenvalue weighted by Crippen LogP contribution is -2.41. The third-order valence-electron chi connectivity index (χ3n) is 3.79. The van der Waals surface area contributed by atoms with Crippen molar-refractivity contribution in [3.63, 3.8) is 0 Å². The molecule has 0 aromatic heterocycles. The molecule has 0 spiro atoms. The second-order valence-electron chi connectivity index (χ2n) is 5.54. The quantitative estimate of drug-likeness (QED) is 0.927. The molecule has 2 rings (SSSR count). The van der Waals surface area contributed by atoms with Crippen LogP contribution in [-0.2, 0) is 10.0 Å². The Morgan fingerprint density at radius 2 is 1.76 bits per heavy atom. The van der Waals surface area contributed by atoms with Crippen LogP contribution in [0.1, 0.15) is 31.2 Å².